The number of aromatic nitrogens is 3. The number of aromatic hydroxyl groups is 1. The van der Waals surface area contributed by atoms with Crippen LogP contribution in [0.5, 0.6) is 11.5 Å². The molecule has 0 spiro atoms. The lowest BCUT2D eigenvalue weighted by Gasteiger charge is -2.06. The summed E-state index contributed by atoms with van der Waals surface area (Å²) in [6.45, 7) is 3.55. The minimum Gasteiger partial charge on any atom is -0.501 e. The lowest BCUT2D eigenvalue weighted by Crippen LogP contribution is -2.06. The summed E-state index contributed by atoms with van der Waals surface area (Å²) < 4.78 is 16.3. The predicted octanol–water partition coefficient (Wildman–Crippen LogP) is 5.04. The molecule has 2 aromatic carbocycles. The van der Waals surface area contributed by atoms with Crippen LogP contribution in [0.1, 0.15) is 23.2 Å². The number of carbonyl (C=O) groups excluding carboxylic acids is 1. The zero-order chi connectivity index (χ0) is 25.4. The van der Waals surface area contributed by atoms with Crippen molar-refractivity contribution in [2.45, 2.75) is 13.8 Å². The van der Waals surface area contributed by atoms with E-state index in [9.17, 15) is 14.7 Å². The molecule has 9 heteroatoms. The van der Waals surface area contributed by atoms with Crippen LogP contribution in [0.2, 0.25) is 0 Å². The molecule has 0 aliphatic carbocycles. The molecule has 0 amide bonds. The van der Waals surface area contributed by atoms with Gasteiger partial charge in [0, 0.05) is 22.5 Å². The van der Waals surface area contributed by atoms with Crippen molar-refractivity contribution >= 4 is 16.9 Å². The summed E-state index contributed by atoms with van der Waals surface area (Å²) in [5.41, 5.74) is 2.25. The van der Waals surface area contributed by atoms with Gasteiger partial charge in [-0.05, 0) is 44.2 Å². The van der Waals surface area contributed by atoms with Gasteiger partial charge in [0.05, 0.1) is 19.3 Å². The van der Waals surface area contributed by atoms with Crippen molar-refractivity contribution in [3.8, 4) is 45.6 Å². The number of fused-ring (bicyclic) bond motifs is 1. The number of H-pyrrole nitrogens is 2. The van der Waals surface area contributed by atoms with E-state index >= 15 is 0 Å². The van der Waals surface area contributed by atoms with Crippen LogP contribution in [0.4, 0.5) is 0 Å². The second kappa shape index (κ2) is 9.10. The van der Waals surface area contributed by atoms with Gasteiger partial charge in [-0.2, -0.15) is 0 Å². The Morgan fingerprint density at radius 2 is 1.86 bits per heavy atom. The summed E-state index contributed by atoms with van der Waals surface area (Å²) in [7, 11) is 1.57. The van der Waals surface area contributed by atoms with Crippen molar-refractivity contribution in [1.29, 1.82) is 0 Å². The summed E-state index contributed by atoms with van der Waals surface area (Å²) in [4.78, 5) is 36.3. The number of rotatable bonds is 6. The number of para-hydroxylation sites is 1. The molecular weight excluding hydrogens is 462 g/mol. The first-order chi connectivity index (χ1) is 17.4. The van der Waals surface area contributed by atoms with Crippen LogP contribution in [-0.4, -0.2) is 39.7 Å². The van der Waals surface area contributed by atoms with E-state index in [2.05, 4.69) is 9.97 Å². The first kappa shape index (κ1) is 23.0. The first-order valence-corrected chi connectivity index (χ1v) is 11.3. The molecule has 3 N–H and O–H groups in total. The van der Waals surface area contributed by atoms with Gasteiger partial charge in [-0.1, -0.05) is 18.2 Å². The molecule has 9 nitrogen and oxygen atoms in total. The van der Waals surface area contributed by atoms with Crippen molar-refractivity contribution in [3.05, 3.63) is 76.3 Å². The second-order valence-electron chi connectivity index (χ2n) is 8.08. The monoisotopic (exact) mass is 485 g/mol. The molecule has 0 aliphatic heterocycles. The minimum atomic E-state index is -0.579. The fraction of sp³-hybridized carbons (Fsp3) is 0.148. The van der Waals surface area contributed by atoms with Crippen LogP contribution in [0.15, 0.2) is 63.8 Å². The van der Waals surface area contributed by atoms with Gasteiger partial charge in [0.2, 0.25) is 11.2 Å². The zero-order valence-electron chi connectivity index (χ0n) is 19.8. The Morgan fingerprint density at radius 1 is 1.11 bits per heavy atom. The highest BCUT2D eigenvalue weighted by Crippen LogP contribution is 2.39. The summed E-state index contributed by atoms with van der Waals surface area (Å²) in [6.07, 6.45) is 0. The zero-order valence-corrected chi connectivity index (χ0v) is 19.8. The van der Waals surface area contributed by atoms with Gasteiger partial charge in [0.15, 0.2) is 5.76 Å². The molecule has 0 saturated heterocycles. The summed E-state index contributed by atoms with van der Waals surface area (Å²) in [6, 6.07) is 15.8. The van der Waals surface area contributed by atoms with Gasteiger partial charge >= 0.3 is 5.97 Å². The average Bonchev–Trinajstić information content (AvgIpc) is 3.48. The fourth-order valence-electron chi connectivity index (χ4n) is 4.13. The maximum atomic E-state index is 12.8. The Hall–Kier alpha value is -4.79. The Kier molecular flexibility index (Phi) is 5.81. The number of esters is 1. The van der Waals surface area contributed by atoms with Crippen molar-refractivity contribution in [2.75, 3.05) is 13.7 Å². The van der Waals surface area contributed by atoms with E-state index in [1.165, 1.54) is 6.07 Å². The van der Waals surface area contributed by atoms with Crippen LogP contribution < -0.4 is 10.2 Å². The largest absolute Gasteiger partial charge is 0.501 e. The number of ether oxygens (including phenoxy) is 2. The highest BCUT2D eigenvalue weighted by Gasteiger charge is 2.27. The number of imidazole rings is 1. The van der Waals surface area contributed by atoms with Crippen LogP contribution in [-0.2, 0) is 4.74 Å². The quantitative estimate of drug-likeness (QED) is 0.287. The number of aromatic amines is 2. The number of methoxy groups -OCH3 is 1. The van der Waals surface area contributed by atoms with E-state index in [0.29, 0.717) is 34.2 Å². The van der Waals surface area contributed by atoms with Crippen molar-refractivity contribution in [1.82, 2.24) is 15.0 Å². The van der Waals surface area contributed by atoms with Gasteiger partial charge in [-0.3, -0.25) is 4.79 Å². The molecule has 36 heavy (non-hydrogen) atoms. The molecule has 0 atom stereocenters. The third-order valence-electron chi connectivity index (χ3n) is 5.76. The Labute approximate surface area is 205 Å². The molecule has 0 bridgehead atoms. The van der Waals surface area contributed by atoms with E-state index in [1.54, 1.807) is 45.2 Å². The Bertz CT molecular complexity index is 1640. The van der Waals surface area contributed by atoms with Crippen molar-refractivity contribution in [3.63, 3.8) is 0 Å². The van der Waals surface area contributed by atoms with Gasteiger partial charge in [-0.25, -0.2) is 9.78 Å². The molecule has 0 saturated carbocycles. The first-order valence-electron chi connectivity index (χ1n) is 11.3. The Balaban J connectivity index is 1.81. The van der Waals surface area contributed by atoms with Crippen molar-refractivity contribution in [2.24, 2.45) is 0 Å². The SMILES string of the molecule is CCOC(=O)c1[nH]c2ccccc2c1-c1nc(-c2ccc(OC)cc2)c(-c2oc(C)cc(=O)c2O)[nH]1. The molecule has 3 heterocycles. The fourth-order valence-corrected chi connectivity index (χ4v) is 4.13. The highest BCUT2D eigenvalue weighted by molar-refractivity contribution is 6.07. The van der Waals surface area contributed by atoms with E-state index in [-0.39, 0.29) is 23.8 Å². The third kappa shape index (κ3) is 3.90. The minimum absolute atomic E-state index is 0.0536. The van der Waals surface area contributed by atoms with E-state index < -0.39 is 17.1 Å². The van der Waals surface area contributed by atoms with Gasteiger partial charge in [0.1, 0.15) is 34.4 Å². The molecule has 0 aliphatic rings. The number of hydrogen-bond donors (Lipinski definition) is 3. The summed E-state index contributed by atoms with van der Waals surface area (Å²) >= 11 is 0. The normalized spacial score (nSPS) is 11.1. The van der Waals surface area contributed by atoms with Crippen LogP contribution in [0.25, 0.3) is 45.0 Å². The molecule has 182 valence electrons. The van der Waals surface area contributed by atoms with Gasteiger partial charge < -0.3 is 29.0 Å². The van der Waals surface area contributed by atoms with Gasteiger partial charge in [0.25, 0.3) is 0 Å². The van der Waals surface area contributed by atoms with E-state index in [1.807, 2.05) is 24.3 Å². The predicted molar refractivity (Wildman–Crippen MR) is 134 cm³/mol. The number of carbonyl (C=O) groups is 1. The smallest absolute Gasteiger partial charge is 0.355 e. The maximum Gasteiger partial charge on any atom is 0.355 e. The lowest BCUT2D eigenvalue weighted by molar-refractivity contribution is 0.0521. The molecule has 0 fully saturated rings. The molecule has 0 unspecified atom stereocenters. The van der Waals surface area contributed by atoms with Crippen molar-refractivity contribution < 1.29 is 23.8 Å². The molecular formula is C27H23N3O6. The van der Waals surface area contributed by atoms with Gasteiger partial charge in [-0.15, -0.1) is 0 Å². The second-order valence-corrected chi connectivity index (χ2v) is 8.08. The number of aryl methyl sites for hydroxylation is 1. The third-order valence-corrected chi connectivity index (χ3v) is 5.76. The maximum absolute atomic E-state index is 12.8. The standard InChI is InChI=1S/C27H23N3O6/c1-4-35-27(33)22-20(17-7-5-6-8-18(17)28-22)26-29-21(15-9-11-16(34-3)12-10-15)23(30-26)25-24(32)19(31)13-14(2)36-25/h5-13,28,32H,4H2,1-3H3,(H,29,30). The number of benzene rings is 2. The summed E-state index contributed by atoms with van der Waals surface area (Å²) in [5.74, 6) is 0.181. The number of nitrogens with one attached hydrogen (secondary N) is 2. The van der Waals surface area contributed by atoms with E-state index in [0.717, 1.165) is 10.9 Å². The van der Waals surface area contributed by atoms with E-state index in [4.69, 9.17) is 18.9 Å². The average molecular weight is 485 g/mol. The topological polar surface area (TPSA) is 130 Å². The molecule has 5 aromatic rings. The summed E-state index contributed by atoms with van der Waals surface area (Å²) in [5, 5.41) is 11.3. The Morgan fingerprint density at radius 3 is 2.58 bits per heavy atom. The number of nitrogens with zero attached hydrogens (tertiary/aromatic N) is 1. The number of hydrogen-bond acceptors (Lipinski definition) is 7. The lowest BCUT2D eigenvalue weighted by atomic mass is 10.1. The highest BCUT2D eigenvalue weighted by atomic mass is 16.5. The molecule has 3 aromatic heterocycles. The molecule has 0 radical (unpaired) electrons. The molecule has 5 rings (SSSR count). The van der Waals surface area contributed by atoms with Crippen LogP contribution in [0, 0.1) is 6.92 Å². The van der Waals surface area contributed by atoms with Crippen LogP contribution >= 0.6 is 0 Å². The van der Waals surface area contributed by atoms with Crippen LogP contribution in [0.3, 0.4) is 0 Å².